The summed E-state index contributed by atoms with van der Waals surface area (Å²) >= 11 is 2.11. The van der Waals surface area contributed by atoms with Crippen molar-refractivity contribution >= 4 is 17.7 Å². The molecule has 4 heteroatoms. The predicted molar refractivity (Wildman–Crippen MR) is 100 cm³/mol. The van der Waals surface area contributed by atoms with Crippen LogP contribution >= 0.6 is 11.8 Å². The second-order valence-corrected chi connectivity index (χ2v) is 8.92. The monoisotopic (exact) mass is 344 g/mol. The van der Waals surface area contributed by atoms with Crippen LogP contribution in [0.2, 0.25) is 0 Å². The van der Waals surface area contributed by atoms with Gasteiger partial charge in [-0.2, -0.15) is 11.8 Å². The number of nitrogens with zero attached hydrogens (tertiary/aromatic N) is 2. The maximum absolute atomic E-state index is 12.1. The summed E-state index contributed by atoms with van der Waals surface area (Å²) in [4.78, 5) is 16.9. The number of hydrogen-bond acceptors (Lipinski definition) is 3. The van der Waals surface area contributed by atoms with E-state index < -0.39 is 0 Å². The van der Waals surface area contributed by atoms with Gasteiger partial charge in [0.15, 0.2) is 0 Å². The smallest absolute Gasteiger partial charge is 0.219 e. The SMILES string of the molecule is CC(=O)N1Cc2ccccc2C2(CCN(C3CCSCC3)CC2)C1. The average molecular weight is 345 g/mol. The van der Waals surface area contributed by atoms with Gasteiger partial charge in [0.05, 0.1) is 0 Å². The van der Waals surface area contributed by atoms with Crippen LogP contribution in [-0.2, 0) is 16.8 Å². The van der Waals surface area contributed by atoms with Crippen molar-refractivity contribution in [3.63, 3.8) is 0 Å². The Bertz CT molecular complexity index is 603. The molecule has 2 saturated heterocycles. The van der Waals surface area contributed by atoms with Gasteiger partial charge < -0.3 is 9.80 Å². The van der Waals surface area contributed by atoms with Gasteiger partial charge in [0.1, 0.15) is 0 Å². The molecule has 0 atom stereocenters. The van der Waals surface area contributed by atoms with Gasteiger partial charge in [-0.1, -0.05) is 24.3 Å². The van der Waals surface area contributed by atoms with E-state index in [2.05, 4.69) is 45.8 Å². The summed E-state index contributed by atoms with van der Waals surface area (Å²) in [5.74, 6) is 2.87. The lowest BCUT2D eigenvalue weighted by Gasteiger charge is -2.50. The Morgan fingerprint density at radius 3 is 2.58 bits per heavy atom. The standard InChI is InChI=1S/C20H28N2OS/c1-16(23)22-14-17-4-2-3-5-19(17)20(15-22)8-10-21(11-9-20)18-6-12-24-13-7-18/h2-5,18H,6-15H2,1H3. The fourth-order valence-electron chi connectivity index (χ4n) is 4.91. The largest absolute Gasteiger partial charge is 0.338 e. The Kier molecular flexibility index (Phi) is 4.61. The van der Waals surface area contributed by atoms with E-state index in [1.807, 2.05) is 0 Å². The van der Waals surface area contributed by atoms with E-state index >= 15 is 0 Å². The molecule has 1 aromatic rings. The van der Waals surface area contributed by atoms with Crippen molar-refractivity contribution in [3.05, 3.63) is 35.4 Å². The Hall–Kier alpha value is -1.00. The second-order valence-electron chi connectivity index (χ2n) is 7.69. The number of amides is 1. The molecule has 0 aliphatic carbocycles. The fraction of sp³-hybridized carbons (Fsp3) is 0.650. The van der Waals surface area contributed by atoms with Crippen molar-refractivity contribution in [2.75, 3.05) is 31.1 Å². The normalized spacial score (nSPS) is 24.8. The first-order valence-electron chi connectivity index (χ1n) is 9.34. The van der Waals surface area contributed by atoms with Crippen LogP contribution in [0.15, 0.2) is 24.3 Å². The van der Waals surface area contributed by atoms with Crippen molar-refractivity contribution in [1.29, 1.82) is 0 Å². The topological polar surface area (TPSA) is 23.6 Å². The van der Waals surface area contributed by atoms with Gasteiger partial charge in [0.25, 0.3) is 0 Å². The summed E-state index contributed by atoms with van der Waals surface area (Å²) in [7, 11) is 0. The third kappa shape index (κ3) is 2.99. The lowest BCUT2D eigenvalue weighted by molar-refractivity contribution is -0.131. The van der Waals surface area contributed by atoms with Crippen LogP contribution in [-0.4, -0.2) is 52.9 Å². The zero-order valence-corrected chi connectivity index (χ0v) is 15.5. The van der Waals surface area contributed by atoms with Gasteiger partial charge in [-0.15, -0.1) is 0 Å². The quantitative estimate of drug-likeness (QED) is 0.781. The van der Waals surface area contributed by atoms with Crippen molar-refractivity contribution in [2.45, 2.75) is 50.6 Å². The predicted octanol–water partition coefficient (Wildman–Crippen LogP) is 3.28. The minimum atomic E-state index is 0.181. The third-order valence-corrected chi connectivity index (χ3v) is 7.40. The number of rotatable bonds is 1. The summed E-state index contributed by atoms with van der Waals surface area (Å²) in [6, 6.07) is 9.63. The first kappa shape index (κ1) is 16.5. The second kappa shape index (κ2) is 6.72. The van der Waals surface area contributed by atoms with E-state index in [4.69, 9.17) is 0 Å². The molecular formula is C20H28N2OS. The Morgan fingerprint density at radius 2 is 1.88 bits per heavy atom. The van der Waals surface area contributed by atoms with Gasteiger partial charge in [-0.3, -0.25) is 4.79 Å². The van der Waals surface area contributed by atoms with Gasteiger partial charge in [-0.05, 0) is 61.4 Å². The van der Waals surface area contributed by atoms with E-state index in [9.17, 15) is 4.79 Å². The molecule has 0 radical (unpaired) electrons. The highest BCUT2D eigenvalue weighted by atomic mass is 32.2. The van der Waals surface area contributed by atoms with E-state index in [1.165, 1.54) is 61.4 Å². The molecule has 24 heavy (non-hydrogen) atoms. The summed E-state index contributed by atoms with van der Waals surface area (Å²) in [5.41, 5.74) is 3.06. The van der Waals surface area contributed by atoms with Crippen LogP contribution < -0.4 is 0 Å². The molecule has 0 N–H and O–H groups in total. The number of carbonyl (C=O) groups is 1. The van der Waals surface area contributed by atoms with Gasteiger partial charge in [-0.25, -0.2) is 0 Å². The summed E-state index contributed by atoms with van der Waals surface area (Å²) in [6.45, 7) is 5.80. The van der Waals surface area contributed by atoms with E-state index in [1.54, 1.807) is 6.92 Å². The van der Waals surface area contributed by atoms with Crippen LogP contribution in [0.3, 0.4) is 0 Å². The lowest BCUT2D eigenvalue weighted by Crippen LogP contribution is -2.54. The molecule has 2 fully saturated rings. The molecule has 1 spiro atoms. The fourth-order valence-corrected chi connectivity index (χ4v) is 5.99. The highest BCUT2D eigenvalue weighted by Crippen LogP contribution is 2.42. The molecular weight excluding hydrogens is 316 g/mol. The number of fused-ring (bicyclic) bond motifs is 2. The van der Waals surface area contributed by atoms with Crippen molar-refractivity contribution in [1.82, 2.24) is 9.80 Å². The first-order chi connectivity index (χ1) is 11.7. The van der Waals surface area contributed by atoms with Gasteiger partial charge >= 0.3 is 0 Å². The Morgan fingerprint density at radius 1 is 1.17 bits per heavy atom. The van der Waals surface area contributed by atoms with Crippen LogP contribution in [0.4, 0.5) is 0 Å². The minimum Gasteiger partial charge on any atom is -0.338 e. The molecule has 3 heterocycles. The number of benzene rings is 1. The van der Waals surface area contributed by atoms with E-state index in [0.29, 0.717) is 0 Å². The van der Waals surface area contributed by atoms with Crippen LogP contribution in [0.25, 0.3) is 0 Å². The van der Waals surface area contributed by atoms with Gasteiger partial charge in [0.2, 0.25) is 5.91 Å². The molecule has 0 aromatic heterocycles. The first-order valence-corrected chi connectivity index (χ1v) is 10.5. The minimum absolute atomic E-state index is 0.181. The molecule has 4 rings (SSSR count). The Balaban J connectivity index is 1.55. The van der Waals surface area contributed by atoms with Crippen molar-refractivity contribution in [3.8, 4) is 0 Å². The maximum atomic E-state index is 12.1. The molecule has 130 valence electrons. The van der Waals surface area contributed by atoms with E-state index in [0.717, 1.165) is 19.1 Å². The number of hydrogen-bond donors (Lipinski definition) is 0. The maximum Gasteiger partial charge on any atom is 0.219 e. The average Bonchev–Trinajstić information content (AvgIpc) is 2.63. The molecule has 3 aliphatic heterocycles. The van der Waals surface area contributed by atoms with Crippen LogP contribution in [0, 0.1) is 0 Å². The van der Waals surface area contributed by atoms with Crippen LogP contribution in [0.5, 0.6) is 0 Å². The molecule has 1 amide bonds. The highest BCUT2D eigenvalue weighted by molar-refractivity contribution is 7.99. The van der Waals surface area contributed by atoms with Gasteiger partial charge in [0, 0.05) is 31.5 Å². The summed E-state index contributed by atoms with van der Waals surface area (Å²) < 4.78 is 0. The number of carbonyl (C=O) groups excluding carboxylic acids is 1. The van der Waals surface area contributed by atoms with Crippen molar-refractivity contribution in [2.24, 2.45) is 0 Å². The molecule has 3 nitrogen and oxygen atoms in total. The zero-order valence-electron chi connectivity index (χ0n) is 14.7. The lowest BCUT2D eigenvalue weighted by atomic mass is 9.68. The molecule has 3 aliphatic rings. The number of piperidine rings is 1. The summed E-state index contributed by atoms with van der Waals surface area (Å²) in [5, 5.41) is 0. The third-order valence-electron chi connectivity index (χ3n) is 6.35. The zero-order chi connectivity index (χ0) is 16.6. The number of thioether (sulfide) groups is 1. The molecule has 0 unspecified atom stereocenters. The number of likely N-dealkylation sites (tertiary alicyclic amines) is 1. The molecule has 1 aromatic carbocycles. The molecule has 0 bridgehead atoms. The van der Waals surface area contributed by atoms with Crippen LogP contribution in [0.1, 0.15) is 43.7 Å². The Labute approximate surface area is 149 Å². The summed E-state index contributed by atoms with van der Waals surface area (Å²) in [6.07, 6.45) is 5.09. The van der Waals surface area contributed by atoms with E-state index in [-0.39, 0.29) is 11.3 Å². The molecule has 0 saturated carbocycles. The highest BCUT2D eigenvalue weighted by Gasteiger charge is 2.43. The van der Waals surface area contributed by atoms with Crippen molar-refractivity contribution < 1.29 is 4.79 Å².